The zero-order valence-corrected chi connectivity index (χ0v) is 23.6. The Kier molecular flexibility index (Phi) is 6.76. The van der Waals surface area contributed by atoms with Gasteiger partial charge in [-0.05, 0) is 45.4 Å². The zero-order chi connectivity index (χ0) is 25.6. The molecule has 1 N–H and O–H groups in total. The lowest BCUT2D eigenvalue weighted by molar-refractivity contribution is 0.0961. The smallest absolute Gasteiger partial charge is 0.254 e. The number of aryl methyl sites for hydroxylation is 1. The molecule has 0 fully saturated rings. The van der Waals surface area contributed by atoms with Gasteiger partial charge in [0.1, 0.15) is 28.1 Å². The second-order valence-corrected chi connectivity index (χ2v) is 12.8. The van der Waals surface area contributed by atoms with Gasteiger partial charge in [-0.3, -0.25) is 19.8 Å². The average molecular weight is 539 g/mol. The van der Waals surface area contributed by atoms with E-state index < -0.39 is 5.54 Å². The molecule has 0 radical (unpaired) electrons. The second kappa shape index (κ2) is 9.58. The van der Waals surface area contributed by atoms with Gasteiger partial charge >= 0.3 is 0 Å². The van der Waals surface area contributed by atoms with Gasteiger partial charge < -0.3 is 9.73 Å². The van der Waals surface area contributed by atoms with Crippen molar-refractivity contribution in [2.24, 2.45) is 15.0 Å². The van der Waals surface area contributed by atoms with Crippen molar-refractivity contribution in [2.45, 2.75) is 44.3 Å². The number of rotatable bonds is 6. The number of hydrogen-bond acceptors (Lipinski definition) is 8. The molecular formula is C27H30N4O2S3. The maximum atomic E-state index is 12.2. The van der Waals surface area contributed by atoms with Crippen molar-refractivity contribution in [3.63, 3.8) is 0 Å². The predicted octanol–water partition coefficient (Wildman–Crippen LogP) is 5.83. The molecule has 0 aliphatic carbocycles. The van der Waals surface area contributed by atoms with Crippen LogP contribution in [0.2, 0.25) is 0 Å². The van der Waals surface area contributed by atoms with Crippen molar-refractivity contribution in [3.05, 3.63) is 65.1 Å². The summed E-state index contributed by atoms with van der Waals surface area (Å²) in [7, 11) is 1.63. The van der Waals surface area contributed by atoms with E-state index in [-0.39, 0.29) is 17.0 Å². The molecule has 0 saturated carbocycles. The highest BCUT2D eigenvalue weighted by molar-refractivity contribution is 8.17. The van der Waals surface area contributed by atoms with E-state index in [9.17, 15) is 4.79 Å². The van der Waals surface area contributed by atoms with Crippen LogP contribution >= 0.6 is 35.3 Å². The molecule has 0 bridgehead atoms. The highest BCUT2D eigenvalue weighted by Gasteiger charge is 2.48. The van der Waals surface area contributed by atoms with E-state index in [1.165, 1.54) is 5.56 Å². The van der Waals surface area contributed by atoms with E-state index in [2.05, 4.69) is 50.4 Å². The number of thioether (sulfide) groups is 3. The Hall–Kier alpha value is -2.23. The fourth-order valence-corrected chi connectivity index (χ4v) is 8.22. The Bertz CT molecular complexity index is 1320. The molecule has 1 aromatic heterocycles. The molecule has 0 unspecified atom stereocenters. The van der Waals surface area contributed by atoms with Crippen molar-refractivity contribution < 1.29 is 9.21 Å². The summed E-state index contributed by atoms with van der Waals surface area (Å²) >= 11 is 5.31. The van der Waals surface area contributed by atoms with Crippen LogP contribution < -0.4 is 5.32 Å². The largest absolute Gasteiger partial charge is 0.463 e. The van der Waals surface area contributed by atoms with Gasteiger partial charge in [-0.25, -0.2) is 0 Å². The Labute approximate surface area is 225 Å². The number of hydrogen-bond donors (Lipinski definition) is 1. The van der Waals surface area contributed by atoms with E-state index in [0.717, 1.165) is 38.1 Å². The SMILES string of the molecule is CNC(=O)c1cc([C@]2(C)CSC([C@]3(C)CSC([C@]4(C)CSC(/C=C/c5ccccc5)=N4)=N3)=N2)oc1C. The minimum absolute atomic E-state index is 0.143. The summed E-state index contributed by atoms with van der Waals surface area (Å²) in [5, 5.41) is 5.81. The number of carbonyl (C=O) groups is 1. The number of aliphatic imine (C=N–C) groups is 3. The molecule has 188 valence electrons. The van der Waals surface area contributed by atoms with Crippen molar-refractivity contribution in [2.75, 3.05) is 24.3 Å². The van der Waals surface area contributed by atoms with Gasteiger partial charge in [0, 0.05) is 24.3 Å². The van der Waals surface area contributed by atoms with Gasteiger partial charge in [-0.1, -0.05) is 36.4 Å². The highest BCUT2D eigenvalue weighted by atomic mass is 32.2. The minimum Gasteiger partial charge on any atom is -0.463 e. The zero-order valence-electron chi connectivity index (χ0n) is 21.1. The number of nitrogens with one attached hydrogen (secondary N) is 1. The van der Waals surface area contributed by atoms with Crippen molar-refractivity contribution in [1.29, 1.82) is 0 Å². The summed E-state index contributed by atoms with van der Waals surface area (Å²) in [6, 6.07) is 12.1. The molecule has 1 aromatic carbocycles. The summed E-state index contributed by atoms with van der Waals surface area (Å²) in [5.41, 5.74) is 0.496. The fraction of sp³-hybridized carbons (Fsp3) is 0.407. The first kappa shape index (κ1) is 25.4. The summed E-state index contributed by atoms with van der Waals surface area (Å²) in [5.74, 6) is 3.68. The lowest BCUT2D eigenvalue weighted by Gasteiger charge is -2.21. The van der Waals surface area contributed by atoms with Crippen LogP contribution in [-0.4, -0.2) is 56.4 Å². The normalized spacial score (nSPS) is 30.0. The molecule has 9 heteroatoms. The second-order valence-electron chi connectivity index (χ2n) is 9.88. The summed E-state index contributed by atoms with van der Waals surface area (Å²) in [6.07, 6.45) is 4.22. The molecule has 0 saturated heterocycles. The topological polar surface area (TPSA) is 79.3 Å². The number of nitrogens with zero attached hydrogens (tertiary/aromatic N) is 3. The number of benzene rings is 1. The number of furan rings is 1. The van der Waals surface area contributed by atoms with Crippen LogP contribution in [0.5, 0.6) is 0 Å². The van der Waals surface area contributed by atoms with Crippen molar-refractivity contribution >= 4 is 62.4 Å². The molecule has 3 aliphatic rings. The molecule has 36 heavy (non-hydrogen) atoms. The van der Waals surface area contributed by atoms with Gasteiger partial charge in [0.2, 0.25) is 0 Å². The molecule has 2 aromatic rings. The highest BCUT2D eigenvalue weighted by Crippen LogP contribution is 2.46. The van der Waals surface area contributed by atoms with E-state index in [1.807, 2.05) is 31.2 Å². The molecule has 1 amide bonds. The molecule has 6 nitrogen and oxygen atoms in total. The average Bonchev–Trinajstić information content (AvgIpc) is 3.65. The third-order valence-corrected chi connectivity index (χ3v) is 10.8. The molecule has 3 aliphatic heterocycles. The lowest BCUT2D eigenvalue weighted by Crippen LogP contribution is -2.33. The Balaban J connectivity index is 1.36. The maximum Gasteiger partial charge on any atom is 0.254 e. The summed E-state index contributed by atoms with van der Waals surface area (Å²) in [6.45, 7) is 8.24. The van der Waals surface area contributed by atoms with Crippen LogP contribution in [0.15, 0.2) is 61.9 Å². The van der Waals surface area contributed by atoms with Crippen LogP contribution in [0.25, 0.3) is 6.08 Å². The van der Waals surface area contributed by atoms with Gasteiger partial charge in [-0.15, -0.1) is 35.3 Å². The quantitative estimate of drug-likeness (QED) is 0.501. The van der Waals surface area contributed by atoms with Gasteiger partial charge in [-0.2, -0.15) is 0 Å². The number of carbonyl (C=O) groups excluding carboxylic acids is 1. The number of amides is 1. The summed E-state index contributed by atoms with van der Waals surface area (Å²) < 4.78 is 6.00. The Morgan fingerprint density at radius 1 is 0.917 bits per heavy atom. The standard InChI is InChI=1S/C27H30N4O2S3/c1-17-19(22(32)28-5)13-20(33-17)25(2)14-35-24(30-25)27(4)16-36-23(31-27)26(3)15-34-21(29-26)12-11-18-9-7-6-8-10-18/h6-13H,14-16H2,1-5H3,(H,28,32)/b12-11+/t25-,26-,27-/m0/s1. The Morgan fingerprint density at radius 2 is 1.53 bits per heavy atom. The molecular weight excluding hydrogens is 509 g/mol. The van der Waals surface area contributed by atoms with Crippen LogP contribution in [0.4, 0.5) is 0 Å². The Morgan fingerprint density at radius 3 is 2.22 bits per heavy atom. The third kappa shape index (κ3) is 4.73. The summed E-state index contributed by atoms with van der Waals surface area (Å²) in [4.78, 5) is 27.6. The van der Waals surface area contributed by atoms with Gasteiger partial charge in [0.05, 0.1) is 20.7 Å². The first-order valence-electron chi connectivity index (χ1n) is 11.9. The van der Waals surface area contributed by atoms with Crippen molar-refractivity contribution in [3.8, 4) is 0 Å². The van der Waals surface area contributed by atoms with E-state index >= 15 is 0 Å². The lowest BCUT2D eigenvalue weighted by atomic mass is 10.0. The monoisotopic (exact) mass is 538 g/mol. The van der Waals surface area contributed by atoms with Gasteiger partial charge in [0.15, 0.2) is 0 Å². The fourth-order valence-electron chi connectivity index (χ4n) is 4.34. The van der Waals surface area contributed by atoms with Crippen LogP contribution in [0, 0.1) is 6.92 Å². The van der Waals surface area contributed by atoms with E-state index in [4.69, 9.17) is 19.4 Å². The third-order valence-electron chi connectivity index (χ3n) is 6.59. The van der Waals surface area contributed by atoms with Crippen LogP contribution in [0.3, 0.4) is 0 Å². The van der Waals surface area contributed by atoms with Crippen LogP contribution in [0.1, 0.15) is 48.2 Å². The molecule has 3 atom stereocenters. The minimum atomic E-state index is -0.524. The molecule has 4 heterocycles. The predicted molar refractivity (Wildman–Crippen MR) is 156 cm³/mol. The molecule has 0 spiro atoms. The maximum absolute atomic E-state index is 12.2. The van der Waals surface area contributed by atoms with Gasteiger partial charge in [0.25, 0.3) is 5.91 Å². The van der Waals surface area contributed by atoms with E-state index in [1.54, 1.807) is 42.3 Å². The van der Waals surface area contributed by atoms with E-state index in [0.29, 0.717) is 11.3 Å². The van der Waals surface area contributed by atoms with Crippen molar-refractivity contribution in [1.82, 2.24) is 5.32 Å². The van der Waals surface area contributed by atoms with Crippen LogP contribution in [-0.2, 0) is 5.54 Å². The first-order chi connectivity index (χ1) is 17.1. The molecule has 5 rings (SSSR count). The first-order valence-corrected chi connectivity index (χ1v) is 14.8.